The van der Waals surface area contributed by atoms with Crippen LogP contribution < -0.4 is 0 Å². The number of halogens is 1. The molecule has 1 aromatic carbocycles. The molecule has 5 nitrogen and oxygen atoms in total. The van der Waals surface area contributed by atoms with Crippen LogP contribution in [0.2, 0.25) is 5.02 Å². The van der Waals surface area contributed by atoms with Gasteiger partial charge in [-0.3, -0.25) is 4.90 Å². The van der Waals surface area contributed by atoms with E-state index in [1.54, 1.807) is 21.1 Å². The maximum absolute atomic E-state index is 12.3. The van der Waals surface area contributed by atoms with Crippen molar-refractivity contribution in [2.45, 2.75) is 19.8 Å². The molecular weight excluding hydrogens is 350 g/mol. The van der Waals surface area contributed by atoms with Crippen LogP contribution in [0.1, 0.15) is 22.2 Å². The van der Waals surface area contributed by atoms with Crippen LogP contribution in [0.3, 0.4) is 0 Å². The SMILES string of the molecule is CCOC(=O)c1sc2ccc(Cl)cc2c1CN(C)CC(OC)OC. The summed E-state index contributed by atoms with van der Waals surface area (Å²) in [4.78, 5) is 15.0. The van der Waals surface area contributed by atoms with Crippen LogP contribution in [0.4, 0.5) is 0 Å². The molecule has 0 saturated heterocycles. The minimum Gasteiger partial charge on any atom is -0.462 e. The predicted molar refractivity (Wildman–Crippen MR) is 96.9 cm³/mol. The largest absolute Gasteiger partial charge is 0.462 e. The number of carbonyl (C=O) groups excluding carboxylic acids is 1. The van der Waals surface area contributed by atoms with E-state index in [1.165, 1.54) is 11.3 Å². The minimum absolute atomic E-state index is 0.298. The second-order valence-corrected chi connectivity index (χ2v) is 6.86. The summed E-state index contributed by atoms with van der Waals surface area (Å²) in [6, 6.07) is 5.65. The molecule has 0 aliphatic heterocycles. The standard InChI is InChI=1S/C17H22ClNO4S/c1-5-23-17(20)16-13(9-19(2)10-15(21-3)22-4)12-8-11(18)6-7-14(12)24-16/h6-8,15H,5,9-10H2,1-4H3. The second-order valence-electron chi connectivity index (χ2n) is 5.37. The van der Waals surface area contributed by atoms with Crippen molar-refractivity contribution in [1.82, 2.24) is 4.90 Å². The summed E-state index contributed by atoms with van der Waals surface area (Å²) in [5, 5.41) is 1.63. The van der Waals surface area contributed by atoms with Crippen molar-refractivity contribution < 1.29 is 19.0 Å². The molecule has 0 N–H and O–H groups in total. The Morgan fingerprint density at radius 2 is 2.04 bits per heavy atom. The van der Waals surface area contributed by atoms with E-state index in [1.807, 2.05) is 30.1 Å². The maximum atomic E-state index is 12.3. The van der Waals surface area contributed by atoms with E-state index in [0.717, 1.165) is 15.6 Å². The molecule has 24 heavy (non-hydrogen) atoms. The number of esters is 1. The lowest BCUT2D eigenvalue weighted by atomic mass is 10.1. The van der Waals surface area contributed by atoms with Gasteiger partial charge in [0.25, 0.3) is 0 Å². The Balaban J connectivity index is 2.36. The Morgan fingerprint density at radius 1 is 1.33 bits per heavy atom. The van der Waals surface area contributed by atoms with Gasteiger partial charge in [-0.15, -0.1) is 11.3 Å². The van der Waals surface area contributed by atoms with Crippen LogP contribution in [-0.2, 0) is 20.8 Å². The number of carbonyl (C=O) groups is 1. The van der Waals surface area contributed by atoms with Crippen LogP contribution >= 0.6 is 22.9 Å². The minimum atomic E-state index is -0.325. The fourth-order valence-corrected chi connectivity index (χ4v) is 3.73. The summed E-state index contributed by atoms with van der Waals surface area (Å²) in [5.41, 5.74) is 0.921. The Bertz CT molecular complexity index is 699. The first-order chi connectivity index (χ1) is 11.5. The van der Waals surface area contributed by atoms with E-state index in [4.69, 9.17) is 25.8 Å². The molecule has 2 aromatic rings. The van der Waals surface area contributed by atoms with Gasteiger partial charge in [0.05, 0.1) is 6.61 Å². The lowest BCUT2D eigenvalue weighted by Crippen LogP contribution is -2.31. The van der Waals surface area contributed by atoms with Gasteiger partial charge in [-0.2, -0.15) is 0 Å². The molecule has 0 aliphatic rings. The Labute approximate surface area is 151 Å². The van der Waals surface area contributed by atoms with Gasteiger partial charge in [-0.05, 0) is 43.1 Å². The number of methoxy groups -OCH3 is 2. The van der Waals surface area contributed by atoms with Gasteiger partial charge in [-0.1, -0.05) is 11.6 Å². The number of hydrogen-bond acceptors (Lipinski definition) is 6. The van der Waals surface area contributed by atoms with Crippen molar-refractivity contribution in [3.05, 3.63) is 33.7 Å². The van der Waals surface area contributed by atoms with Crippen molar-refractivity contribution in [1.29, 1.82) is 0 Å². The van der Waals surface area contributed by atoms with Crippen LogP contribution in [0, 0.1) is 0 Å². The van der Waals surface area contributed by atoms with Crippen molar-refractivity contribution in [2.75, 3.05) is 34.4 Å². The lowest BCUT2D eigenvalue weighted by molar-refractivity contribution is -0.114. The van der Waals surface area contributed by atoms with Gasteiger partial charge in [0.1, 0.15) is 4.88 Å². The van der Waals surface area contributed by atoms with Gasteiger partial charge >= 0.3 is 5.97 Å². The van der Waals surface area contributed by atoms with E-state index >= 15 is 0 Å². The summed E-state index contributed by atoms with van der Waals surface area (Å²) < 4.78 is 16.7. The van der Waals surface area contributed by atoms with E-state index in [0.29, 0.717) is 29.6 Å². The molecule has 0 saturated carbocycles. The zero-order chi connectivity index (χ0) is 17.7. The van der Waals surface area contributed by atoms with Gasteiger partial charge in [0, 0.05) is 37.0 Å². The van der Waals surface area contributed by atoms with E-state index in [2.05, 4.69) is 0 Å². The molecule has 0 aliphatic carbocycles. The first-order valence-corrected chi connectivity index (χ1v) is 8.81. The monoisotopic (exact) mass is 371 g/mol. The Kier molecular flexibility index (Phi) is 7.01. The third-order valence-corrected chi connectivity index (χ3v) is 5.06. The van der Waals surface area contributed by atoms with Crippen molar-refractivity contribution in [3.8, 4) is 0 Å². The quantitative estimate of drug-likeness (QED) is 0.522. The molecule has 0 amide bonds. The number of nitrogens with zero attached hydrogens (tertiary/aromatic N) is 1. The average molecular weight is 372 g/mol. The molecule has 0 radical (unpaired) electrons. The molecule has 2 rings (SSSR count). The molecule has 0 atom stereocenters. The molecule has 0 bridgehead atoms. The number of fused-ring (bicyclic) bond motifs is 1. The summed E-state index contributed by atoms with van der Waals surface area (Å²) in [6.45, 7) is 3.29. The first kappa shape index (κ1) is 19.1. The second kappa shape index (κ2) is 8.78. The summed E-state index contributed by atoms with van der Waals surface area (Å²) in [5.74, 6) is -0.298. The van der Waals surface area contributed by atoms with Crippen molar-refractivity contribution in [2.24, 2.45) is 0 Å². The number of likely N-dealkylation sites (N-methyl/N-ethyl adjacent to an activating group) is 1. The number of hydrogen-bond donors (Lipinski definition) is 0. The highest BCUT2D eigenvalue weighted by Gasteiger charge is 2.21. The molecule has 0 spiro atoms. The molecule has 0 fully saturated rings. The van der Waals surface area contributed by atoms with Crippen LogP contribution in [0.15, 0.2) is 18.2 Å². The van der Waals surface area contributed by atoms with E-state index < -0.39 is 0 Å². The molecule has 1 aromatic heterocycles. The normalized spacial score (nSPS) is 11.6. The maximum Gasteiger partial charge on any atom is 0.348 e. The fourth-order valence-electron chi connectivity index (χ4n) is 2.47. The summed E-state index contributed by atoms with van der Waals surface area (Å²) in [6.07, 6.45) is -0.325. The third-order valence-electron chi connectivity index (χ3n) is 3.63. The number of rotatable bonds is 8. The molecule has 0 unspecified atom stereocenters. The number of benzene rings is 1. The van der Waals surface area contributed by atoms with E-state index in [-0.39, 0.29) is 12.3 Å². The predicted octanol–water partition coefficient (Wildman–Crippen LogP) is 3.78. The number of ether oxygens (including phenoxy) is 3. The van der Waals surface area contributed by atoms with Crippen LogP contribution in [0.25, 0.3) is 10.1 Å². The van der Waals surface area contributed by atoms with Gasteiger partial charge in [-0.25, -0.2) is 4.79 Å². The zero-order valence-electron chi connectivity index (χ0n) is 14.3. The highest BCUT2D eigenvalue weighted by Crippen LogP contribution is 2.34. The lowest BCUT2D eigenvalue weighted by Gasteiger charge is -2.22. The van der Waals surface area contributed by atoms with E-state index in [9.17, 15) is 4.79 Å². The van der Waals surface area contributed by atoms with Gasteiger partial charge in [0.15, 0.2) is 6.29 Å². The van der Waals surface area contributed by atoms with Crippen molar-refractivity contribution >= 4 is 39.0 Å². The van der Waals surface area contributed by atoms with Crippen LogP contribution in [0.5, 0.6) is 0 Å². The molecular formula is C17H22ClNO4S. The molecule has 1 heterocycles. The average Bonchev–Trinajstić information content (AvgIpc) is 2.91. The van der Waals surface area contributed by atoms with Gasteiger partial charge in [0.2, 0.25) is 0 Å². The topological polar surface area (TPSA) is 48.0 Å². The Morgan fingerprint density at radius 3 is 2.67 bits per heavy atom. The number of thiophene rings is 1. The zero-order valence-corrected chi connectivity index (χ0v) is 15.9. The van der Waals surface area contributed by atoms with Gasteiger partial charge < -0.3 is 14.2 Å². The Hall–Kier alpha value is -1.18. The fraction of sp³-hybridized carbons (Fsp3) is 0.471. The summed E-state index contributed by atoms with van der Waals surface area (Å²) >= 11 is 7.57. The van der Waals surface area contributed by atoms with Crippen LogP contribution in [-0.4, -0.2) is 51.6 Å². The third kappa shape index (κ3) is 4.46. The molecule has 7 heteroatoms. The molecule has 132 valence electrons. The van der Waals surface area contributed by atoms with Crippen molar-refractivity contribution in [3.63, 3.8) is 0 Å². The smallest absolute Gasteiger partial charge is 0.348 e. The summed E-state index contributed by atoms with van der Waals surface area (Å²) in [7, 11) is 5.16. The first-order valence-electron chi connectivity index (χ1n) is 7.62. The highest BCUT2D eigenvalue weighted by molar-refractivity contribution is 7.21. The highest BCUT2D eigenvalue weighted by atomic mass is 35.5.